The lowest BCUT2D eigenvalue weighted by Crippen LogP contribution is -2.28. The molecule has 0 radical (unpaired) electrons. The fraction of sp³-hybridized carbons (Fsp3) is 0.471. The number of halogens is 1. The van der Waals surface area contributed by atoms with Crippen LogP contribution in [0.1, 0.15) is 33.3 Å². The molecule has 0 fully saturated rings. The molecule has 0 saturated carbocycles. The zero-order valence-electron chi connectivity index (χ0n) is 13.2. The van der Waals surface area contributed by atoms with Crippen molar-refractivity contribution >= 4 is 11.9 Å². The van der Waals surface area contributed by atoms with E-state index >= 15 is 0 Å². The number of allylic oxidation sites excluding steroid dienone is 1. The Bertz CT molecular complexity index is 498. The third kappa shape index (κ3) is 6.54. The van der Waals surface area contributed by atoms with Crippen LogP contribution in [0.25, 0.3) is 6.08 Å². The number of benzene rings is 1. The van der Waals surface area contributed by atoms with E-state index in [1.54, 1.807) is 12.1 Å². The van der Waals surface area contributed by atoms with E-state index in [2.05, 4.69) is 5.32 Å². The molecule has 0 aromatic heterocycles. The lowest BCUT2D eigenvalue weighted by Gasteiger charge is -2.15. The predicted molar refractivity (Wildman–Crippen MR) is 83.9 cm³/mol. The second kappa shape index (κ2) is 8.57. The lowest BCUT2D eigenvalue weighted by molar-refractivity contribution is -0.117. The van der Waals surface area contributed by atoms with Gasteiger partial charge in [0.25, 0.3) is 0 Å². The third-order valence-corrected chi connectivity index (χ3v) is 2.92. The van der Waals surface area contributed by atoms with Crippen molar-refractivity contribution in [1.29, 1.82) is 0 Å². The van der Waals surface area contributed by atoms with Gasteiger partial charge in [0.2, 0.25) is 0 Å². The molecule has 4 heteroatoms. The van der Waals surface area contributed by atoms with Crippen LogP contribution in [0.5, 0.6) is 5.75 Å². The molecular weight excluding hydrogens is 269 g/mol. The molecule has 0 aliphatic carbocycles. The number of hydrogen-bond donors (Lipinski definition) is 1. The zero-order valence-corrected chi connectivity index (χ0v) is 13.2. The second-order valence-corrected chi connectivity index (χ2v) is 5.35. The van der Waals surface area contributed by atoms with E-state index in [0.29, 0.717) is 17.9 Å². The molecule has 1 unspecified atom stereocenters. The van der Waals surface area contributed by atoms with Gasteiger partial charge in [-0.2, -0.15) is 0 Å². The van der Waals surface area contributed by atoms with Gasteiger partial charge in [-0.05, 0) is 37.2 Å². The number of rotatable bonds is 8. The minimum absolute atomic E-state index is 0.0160. The van der Waals surface area contributed by atoms with Crippen LogP contribution in [-0.2, 0) is 4.79 Å². The normalized spacial score (nSPS) is 12.9. The van der Waals surface area contributed by atoms with Crippen molar-refractivity contribution in [2.24, 2.45) is 5.92 Å². The maximum absolute atomic E-state index is 13.6. The average molecular weight is 293 g/mol. The molecule has 0 saturated heterocycles. The summed E-state index contributed by atoms with van der Waals surface area (Å²) in [6.45, 7) is 9.16. The molecule has 1 aromatic carbocycles. The molecule has 3 nitrogen and oxygen atoms in total. The van der Waals surface area contributed by atoms with Gasteiger partial charge in [0, 0.05) is 18.5 Å². The van der Waals surface area contributed by atoms with Crippen molar-refractivity contribution in [2.75, 3.05) is 13.1 Å². The summed E-state index contributed by atoms with van der Waals surface area (Å²) in [5, 5.41) is 3.17. The van der Waals surface area contributed by atoms with E-state index in [-0.39, 0.29) is 23.6 Å². The Morgan fingerprint density at radius 3 is 2.67 bits per heavy atom. The average Bonchev–Trinajstić information content (AvgIpc) is 2.41. The van der Waals surface area contributed by atoms with Gasteiger partial charge < -0.3 is 10.1 Å². The topological polar surface area (TPSA) is 38.3 Å². The molecule has 1 aromatic rings. The van der Waals surface area contributed by atoms with Crippen LogP contribution in [0.15, 0.2) is 24.3 Å². The quantitative estimate of drug-likeness (QED) is 0.746. The highest BCUT2D eigenvalue weighted by Gasteiger charge is 2.06. The number of hydrogen-bond acceptors (Lipinski definition) is 3. The van der Waals surface area contributed by atoms with Crippen molar-refractivity contribution in [2.45, 2.75) is 33.8 Å². The maximum atomic E-state index is 13.6. The first kappa shape index (κ1) is 17.4. The van der Waals surface area contributed by atoms with Crippen LogP contribution < -0.4 is 10.1 Å². The van der Waals surface area contributed by atoms with Crippen LogP contribution in [0.2, 0.25) is 0 Å². The number of likely N-dealkylation sites (N-methyl/N-ethyl adjacent to an activating group) is 1. The summed E-state index contributed by atoms with van der Waals surface area (Å²) in [6, 6.07) is 4.46. The minimum Gasteiger partial charge on any atom is -0.489 e. The van der Waals surface area contributed by atoms with Gasteiger partial charge in [-0.15, -0.1) is 0 Å². The molecule has 0 aliphatic heterocycles. The molecular formula is C17H24FNO2. The predicted octanol–water partition coefficient (Wildman–Crippen LogP) is 3.44. The van der Waals surface area contributed by atoms with Gasteiger partial charge in [-0.3, -0.25) is 4.79 Å². The van der Waals surface area contributed by atoms with Gasteiger partial charge in [0.15, 0.2) is 5.78 Å². The molecule has 21 heavy (non-hydrogen) atoms. The van der Waals surface area contributed by atoms with E-state index in [1.165, 1.54) is 18.2 Å². The van der Waals surface area contributed by atoms with Crippen LogP contribution >= 0.6 is 0 Å². The molecule has 1 N–H and O–H groups in total. The molecule has 0 spiro atoms. The number of nitrogens with one attached hydrogen (secondary N) is 1. The standard InChI is InChI=1S/C17H24FNO2/c1-5-19-11-13(4)21-16-9-14(8-15(18)10-16)6-7-17(20)12(2)3/h6-10,12-13,19H,5,11H2,1-4H3/b7-6+. The SMILES string of the molecule is CCNCC(C)Oc1cc(F)cc(/C=C/C(=O)C(C)C)c1. The van der Waals surface area contributed by atoms with E-state index < -0.39 is 0 Å². The molecule has 116 valence electrons. The van der Waals surface area contributed by atoms with Crippen molar-refractivity contribution in [3.05, 3.63) is 35.7 Å². The molecule has 0 amide bonds. The summed E-state index contributed by atoms with van der Waals surface area (Å²) in [7, 11) is 0. The summed E-state index contributed by atoms with van der Waals surface area (Å²) in [5.41, 5.74) is 0.620. The monoisotopic (exact) mass is 293 g/mol. The Hall–Kier alpha value is -1.68. The fourth-order valence-corrected chi connectivity index (χ4v) is 1.74. The Labute approximate surface area is 126 Å². The van der Waals surface area contributed by atoms with Gasteiger partial charge >= 0.3 is 0 Å². The largest absolute Gasteiger partial charge is 0.489 e. The molecule has 1 atom stereocenters. The van der Waals surface area contributed by atoms with E-state index in [1.807, 2.05) is 27.7 Å². The Balaban J connectivity index is 2.77. The number of carbonyl (C=O) groups is 1. The summed E-state index contributed by atoms with van der Waals surface area (Å²) in [5.74, 6) is 0.0461. The molecule has 0 heterocycles. The first-order valence-electron chi connectivity index (χ1n) is 7.32. The first-order valence-corrected chi connectivity index (χ1v) is 7.32. The van der Waals surface area contributed by atoms with Gasteiger partial charge in [-0.1, -0.05) is 26.8 Å². The zero-order chi connectivity index (χ0) is 15.8. The van der Waals surface area contributed by atoms with Crippen molar-refractivity contribution in [3.63, 3.8) is 0 Å². The highest BCUT2D eigenvalue weighted by molar-refractivity contribution is 5.94. The van der Waals surface area contributed by atoms with Gasteiger partial charge in [0.05, 0.1) is 0 Å². The van der Waals surface area contributed by atoms with E-state index in [0.717, 1.165) is 6.54 Å². The summed E-state index contributed by atoms with van der Waals surface area (Å²) >= 11 is 0. The van der Waals surface area contributed by atoms with Crippen molar-refractivity contribution in [3.8, 4) is 5.75 Å². The smallest absolute Gasteiger partial charge is 0.158 e. The van der Waals surface area contributed by atoms with Crippen LogP contribution in [0.4, 0.5) is 4.39 Å². The van der Waals surface area contributed by atoms with Crippen molar-refractivity contribution < 1.29 is 13.9 Å². The Morgan fingerprint density at radius 1 is 1.33 bits per heavy atom. The van der Waals surface area contributed by atoms with Crippen molar-refractivity contribution in [1.82, 2.24) is 5.32 Å². The summed E-state index contributed by atoms with van der Waals surface area (Å²) < 4.78 is 19.3. The number of ether oxygens (including phenoxy) is 1. The number of ketones is 1. The second-order valence-electron chi connectivity index (χ2n) is 5.35. The summed E-state index contributed by atoms with van der Waals surface area (Å²) in [4.78, 5) is 11.6. The van der Waals surface area contributed by atoms with E-state index in [9.17, 15) is 9.18 Å². The van der Waals surface area contributed by atoms with Crippen LogP contribution in [0, 0.1) is 11.7 Å². The van der Waals surface area contributed by atoms with Gasteiger partial charge in [-0.25, -0.2) is 4.39 Å². The minimum atomic E-state index is -0.375. The van der Waals surface area contributed by atoms with Crippen LogP contribution in [0.3, 0.4) is 0 Å². The highest BCUT2D eigenvalue weighted by atomic mass is 19.1. The van der Waals surface area contributed by atoms with Gasteiger partial charge in [0.1, 0.15) is 17.7 Å². The van der Waals surface area contributed by atoms with E-state index in [4.69, 9.17) is 4.74 Å². The molecule has 0 aliphatic rings. The Kier molecular flexibility index (Phi) is 7.09. The maximum Gasteiger partial charge on any atom is 0.158 e. The third-order valence-electron chi connectivity index (χ3n) is 2.92. The lowest BCUT2D eigenvalue weighted by atomic mass is 10.1. The first-order chi connectivity index (χ1) is 9.92. The highest BCUT2D eigenvalue weighted by Crippen LogP contribution is 2.19. The Morgan fingerprint density at radius 2 is 2.05 bits per heavy atom. The summed E-state index contributed by atoms with van der Waals surface area (Å²) in [6.07, 6.45) is 3.04. The molecule has 1 rings (SSSR count). The fourth-order valence-electron chi connectivity index (χ4n) is 1.74. The molecule has 0 bridgehead atoms. The van der Waals surface area contributed by atoms with Crippen LogP contribution in [-0.4, -0.2) is 25.0 Å². The number of carbonyl (C=O) groups excluding carboxylic acids is 1.